The smallest absolute Gasteiger partial charge is 0.279 e. The van der Waals surface area contributed by atoms with E-state index in [1.54, 1.807) is 0 Å². The van der Waals surface area contributed by atoms with Crippen molar-refractivity contribution in [2.24, 2.45) is 0 Å². The Morgan fingerprint density at radius 2 is 1.50 bits per heavy atom. The van der Waals surface area contributed by atoms with E-state index in [1.165, 1.54) is 11.1 Å². The molecule has 2 atom stereocenters. The third-order valence-corrected chi connectivity index (χ3v) is 5.08. The first kappa shape index (κ1) is 21.6. The average Bonchev–Trinajstić information content (AvgIpc) is 2.60. The van der Waals surface area contributed by atoms with Crippen molar-refractivity contribution in [3.63, 3.8) is 0 Å². The summed E-state index contributed by atoms with van der Waals surface area (Å²) in [5.74, 6) is -0.159. The summed E-state index contributed by atoms with van der Waals surface area (Å²) in [5.41, 5.74) is 6.46. The standard InChI is InChI=1S/C23H31N3O2/c1-15-10-11-20(12-18(15)4)19(5)24-21(27)13-26(6)14-22(28)25-23-16(2)8-7-9-17(23)3/h7-12,19H,13-14H2,1-6H3,(H,24,27)(H,25,28)/p+1/t19-/m0/s1. The molecule has 2 rings (SSSR count). The first-order chi connectivity index (χ1) is 13.2. The van der Waals surface area contributed by atoms with Crippen molar-refractivity contribution < 1.29 is 14.5 Å². The van der Waals surface area contributed by atoms with Gasteiger partial charge in [0.1, 0.15) is 0 Å². The molecule has 150 valence electrons. The molecule has 0 aliphatic heterocycles. The number of quaternary nitrogens is 1. The number of amides is 2. The van der Waals surface area contributed by atoms with Gasteiger partial charge in [-0.25, -0.2) is 0 Å². The molecule has 0 radical (unpaired) electrons. The monoisotopic (exact) mass is 382 g/mol. The van der Waals surface area contributed by atoms with E-state index >= 15 is 0 Å². The topological polar surface area (TPSA) is 62.6 Å². The molecular weight excluding hydrogens is 350 g/mol. The van der Waals surface area contributed by atoms with Crippen LogP contribution in [0.1, 0.15) is 40.8 Å². The van der Waals surface area contributed by atoms with E-state index in [0.29, 0.717) is 0 Å². The van der Waals surface area contributed by atoms with E-state index in [0.717, 1.165) is 27.3 Å². The van der Waals surface area contributed by atoms with E-state index in [4.69, 9.17) is 0 Å². The SMILES string of the molecule is Cc1ccc([C@H](C)NC(=O)C[NH+](C)CC(=O)Nc2c(C)cccc2C)cc1C. The van der Waals surface area contributed by atoms with Gasteiger partial charge in [-0.2, -0.15) is 0 Å². The van der Waals surface area contributed by atoms with Gasteiger partial charge >= 0.3 is 0 Å². The fraction of sp³-hybridized carbons (Fsp3) is 0.391. The first-order valence-corrected chi connectivity index (χ1v) is 9.71. The Balaban J connectivity index is 1.86. The molecule has 0 bridgehead atoms. The zero-order chi connectivity index (χ0) is 20.8. The Kier molecular flexibility index (Phi) is 7.35. The van der Waals surface area contributed by atoms with Gasteiger partial charge in [0, 0.05) is 5.69 Å². The predicted molar refractivity (Wildman–Crippen MR) is 114 cm³/mol. The molecule has 0 saturated carbocycles. The lowest BCUT2D eigenvalue weighted by Crippen LogP contribution is -3.11. The Morgan fingerprint density at radius 1 is 0.893 bits per heavy atom. The van der Waals surface area contributed by atoms with Crippen LogP contribution < -0.4 is 15.5 Å². The quantitative estimate of drug-likeness (QED) is 0.688. The summed E-state index contributed by atoms with van der Waals surface area (Å²) in [7, 11) is 1.85. The molecule has 2 aromatic rings. The maximum atomic E-state index is 12.4. The molecule has 5 nitrogen and oxygen atoms in total. The number of carbonyl (C=O) groups excluding carboxylic acids is 2. The summed E-state index contributed by atoms with van der Waals surface area (Å²) in [5, 5.41) is 5.99. The molecule has 5 heteroatoms. The second-order valence-electron chi connectivity index (χ2n) is 7.76. The summed E-state index contributed by atoms with van der Waals surface area (Å²) in [6, 6.07) is 12.1. The summed E-state index contributed by atoms with van der Waals surface area (Å²) in [6.07, 6.45) is 0. The minimum absolute atomic E-state index is 0.0666. The number of anilines is 1. The molecule has 3 N–H and O–H groups in total. The number of hydrogen-bond donors (Lipinski definition) is 3. The molecular formula is C23H32N3O2+. The van der Waals surface area contributed by atoms with Gasteiger partial charge in [0.2, 0.25) is 0 Å². The van der Waals surface area contributed by atoms with Crippen molar-refractivity contribution in [1.29, 1.82) is 0 Å². The minimum Gasteiger partial charge on any atom is -0.345 e. The van der Waals surface area contributed by atoms with Crippen LogP contribution in [0.5, 0.6) is 0 Å². The maximum absolute atomic E-state index is 12.4. The van der Waals surface area contributed by atoms with Crippen molar-refractivity contribution >= 4 is 17.5 Å². The number of hydrogen-bond acceptors (Lipinski definition) is 2. The maximum Gasteiger partial charge on any atom is 0.279 e. The highest BCUT2D eigenvalue weighted by Gasteiger charge is 2.17. The Morgan fingerprint density at radius 3 is 2.11 bits per heavy atom. The first-order valence-electron chi connectivity index (χ1n) is 9.71. The lowest BCUT2D eigenvalue weighted by Gasteiger charge is -2.18. The Bertz CT molecular complexity index is 841. The van der Waals surface area contributed by atoms with Crippen molar-refractivity contribution in [1.82, 2.24) is 5.32 Å². The van der Waals surface area contributed by atoms with Crippen molar-refractivity contribution in [2.75, 3.05) is 25.5 Å². The van der Waals surface area contributed by atoms with Gasteiger partial charge in [0.05, 0.1) is 13.1 Å². The molecule has 28 heavy (non-hydrogen) atoms. The molecule has 1 unspecified atom stereocenters. The highest BCUT2D eigenvalue weighted by Crippen LogP contribution is 2.19. The largest absolute Gasteiger partial charge is 0.345 e. The number of nitrogens with one attached hydrogen (secondary N) is 3. The fourth-order valence-electron chi connectivity index (χ4n) is 3.22. The summed E-state index contributed by atoms with van der Waals surface area (Å²) >= 11 is 0. The highest BCUT2D eigenvalue weighted by atomic mass is 16.2. The van der Waals surface area contributed by atoms with Gasteiger partial charge in [0.15, 0.2) is 13.1 Å². The van der Waals surface area contributed by atoms with Crippen LogP contribution in [0.2, 0.25) is 0 Å². The molecule has 2 amide bonds. The van der Waals surface area contributed by atoms with Crippen molar-refractivity contribution in [3.8, 4) is 0 Å². The Hall–Kier alpha value is -2.66. The van der Waals surface area contributed by atoms with Gasteiger partial charge < -0.3 is 15.5 Å². The minimum atomic E-state index is -0.0927. The molecule has 0 aliphatic carbocycles. The number of likely N-dealkylation sites (N-methyl/N-ethyl adjacent to an activating group) is 1. The van der Waals surface area contributed by atoms with Gasteiger partial charge in [0.25, 0.3) is 11.8 Å². The van der Waals surface area contributed by atoms with E-state index in [9.17, 15) is 9.59 Å². The van der Waals surface area contributed by atoms with Crippen LogP contribution in [0, 0.1) is 27.7 Å². The van der Waals surface area contributed by atoms with Crippen LogP contribution >= 0.6 is 0 Å². The van der Waals surface area contributed by atoms with Gasteiger partial charge in [-0.3, -0.25) is 9.59 Å². The molecule has 0 fully saturated rings. The molecule has 0 aliphatic rings. The molecule has 0 saturated heterocycles. The van der Waals surface area contributed by atoms with Crippen molar-refractivity contribution in [3.05, 3.63) is 64.2 Å². The van der Waals surface area contributed by atoms with Crippen LogP contribution in [0.3, 0.4) is 0 Å². The van der Waals surface area contributed by atoms with Gasteiger partial charge in [-0.05, 0) is 62.4 Å². The number of para-hydroxylation sites is 1. The Labute approximate surface area is 168 Å². The molecule has 2 aromatic carbocycles. The number of aryl methyl sites for hydroxylation is 4. The van der Waals surface area contributed by atoms with Crippen LogP contribution in [0.4, 0.5) is 5.69 Å². The number of carbonyl (C=O) groups is 2. The number of benzene rings is 2. The number of rotatable bonds is 7. The molecule has 0 aromatic heterocycles. The van der Waals surface area contributed by atoms with Crippen LogP contribution in [0.25, 0.3) is 0 Å². The normalized spacial score (nSPS) is 12.9. The summed E-state index contributed by atoms with van der Waals surface area (Å²) < 4.78 is 0. The summed E-state index contributed by atoms with van der Waals surface area (Å²) in [4.78, 5) is 25.6. The zero-order valence-corrected chi connectivity index (χ0v) is 17.8. The third-order valence-electron chi connectivity index (χ3n) is 5.08. The molecule has 0 spiro atoms. The lowest BCUT2D eigenvalue weighted by atomic mass is 10.0. The van der Waals surface area contributed by atoms with Crippen LogP contribution in [-0.4, -0.2) is 32.0 Å². The summed E-state index contributed by atoms with van der Waals surface area (Å²) in [6.45, 7) is 10.5. The van der Waals surface area contributed by atoms with Crippen LogP contribution in [-0.2, 0) is 9.59 Å². The fourth-order valence-corrected chi connectivity index (χ4v) is 3.22. The van der Waals surface area contributed by atoms with Gasteiger partial charge in [-0.15, -0.1) is 0 Å². The second kappa shape index (κ2) is 9.51. The third kappa shape index (κ3) is 5.92. The van der Waals surface area contributed by atoms with E-state index in [2.05, 4.69) is 36.6 Å². The highest BCUT2D eigenvalue weighted by molar-refractivity contribution is 5.93. The van der Waals surface area contributed by atoms with E-state index < -0.39 is 0 Å². The van der Waals surface area contributed by atoms with Gasteiger partial charge in [-0.1, -0.05) is 36.4 Å². The lowest BCUT2D eigenvalue weighted by molar-refractivity contribution is -0.862. The van der Waals surface area contributed by atoms with Crippen molar-refractivity contribution in [2.45, 2.75) is 40.7 Å². The zero-order valence-electron chi connectivity index (χ0n) is 17.8. The second-order valence-corrected chi connectivity index (χ2v) is 7.76. The van der Waals surface area contributed by atoms with E-state index in [-0.39, 0.29) is 30.9 Å². The van der Waals surface area contributed by atoms with E-state index in [1.807, 2.05) is 52.1 Å². The average molecular weight is 383 g/mol. The predicted octanol–water partition coefficient (Wildman–Crippen LogP) is 2.25. The molecule has 0 heterocycles. The van der Waals surface area contributed by atoms with Crippen LogP contribution in [0.15, 0.2) is 36.4 Å².